The predicted octanol–water partition coefficient (Wildman–Crippen LogP) is 4.66. The van der Waals surface area contributed by atoms with Crippen LogP contribution in [0.15, 0.2) is 42.7 Å². The number of nitrogens with zero attached hydrogens (tertiary/aromatic N) is 5. The smallest absolute Gasteiger partial charge is 0.261 e. The van der Waals surface area contributed by atoms with Crippen molar-refractivity contribution in [1.82, 2.24) is 24.5 Å². The number of hydrogen-bond donors (Lipinski definition) is 0. The summed E-state index contributed by atoms with van der Waals surface area (Å²) in [6, 6.07) is 8.33. The average molecular weight is 434 g/mol. The van der Waals surface area contributed by atoms with Crippen molar-refractivity contribution < 1.29 is 13.5 Å². The first-order valence-corrected chi connectivity index (χ1v) is 11.3. The molecule has 30 heavy (non-hydrogen) atoms. The predicted molar refractivity (Wildman–Crippen MR) is 113 cm³/mol. The van der Waals surface area contributed by atoms with E-state index in [0.29, 0.717) is 18.3 Å². The molecule has 1 saturated heterocycles. The molecule has 1 aliphatic heterocycles. The minimum absolute atomic E-state index is 0.0706. The van der Waals surface area contributed by atoms with Crippen LogP contribution in [0.4, 0.5) is 8.78 Å². The van der Waals surface area contributed by atoms with Gasteiger partial charge in [-0.2, -0.15) is 22.0 Å². The summed E-state index contributed by atoms with van der Waals surface area (Å²) in [6.07, 6.45) is 2.52. The quantitative estimate of drug-likeness (QED) is 0.517. The molecule has 160 valence electrons. The van der Waals surface area contributed by atoms with Crippen LogP contribution in [0.25, 0.3) is 11.4 Å². The van der Waals surface area contributed by atoms with Crippen LogP contribution in [0.2, 0.25) is 0 Å². The van der Waals surface area contributed by atoms with Gasteiger partial charge >= 0.3 is 0 Å². The second kappa shape index (κ2) is 9.59. The normalized spacial score (nSPS) is 16.1. The zero-order chi connectivity index (χ0) is 20.9. The van der Waals surface area contributed by atoms with Crippen molar-refractivity contribution >= 4 is 11.8 Å². The van der Waals surface area contributed by atoms with E-state index in [4.69, 9.17) is 14.8 Å². The molecule has 1 aliphatic rings. The second-order valence-electron chi connectivity index (χ2n) is 7.19. The molecular formula is C21H25F2N5OS. The summed E-state index contributed by atoms with van der Waals surface area (Å²) in [7, 11) is 0. The third-order valence-electron chi connectivity index (χ3n) is 5.19. The Morgan fingerprint density at radius 2 is 2.07 bits per heavy atom. The maximum atomic E-state index is 13.9. The van der Waals surface area contributed by atoms with E-state index in [9.17, 15) is 8.78 Å². The molecular weight excluding hydrogens is 408 g/mol. The Kier molecular flexibility index (Phi) is 6.66. The molecule has 4 rings (SSSR count). The van der Waals surface area contributed by atoms with E-state index in [2.05, 4.69) is 5.10 Å². The summed E-state index contributed by atoms with van der Waals surface area (Å²) < 4.78 is 36.5. The topological polar surface area (TPSA) is 57.8 Å². The van der Waals surface area contributed by atoms with Crippen molar-refractivity contribution in [3.8, 4) is 17.1 Å². The van der Waals surface area contributed by atoms with E-state index in [1.165, 1.54) is 10.9 Å². The van der Waals surface area contributed by atoms with Crippen molar-refractivity contribution in [3.05, 3.63) is 48.5 Å². The number of thioether (sulfide) groups is 1. The summed E-state index contributed by atoms with van der Waals surface area (Å²) in [4.78, 5) is 4.70. The second-order valence-corrected chi connectivity index (χ2v) is 8.42. The number of aromatic nitrogens is 5. The monoisotopic (exact) mass is 433 g/mol. The van der Waals surface area contributed by atoms with Gasteiger partial charge in [-0.1, -0.05) is 12.1 Å². The van der Waals surface area contributed by atoms with Gasteiger partial charge in [-0.25, -0.2) is 18.4 Å². The van der Waals surface area contributed by atoms with E-state index >= 15 is 0 Å². The number of benzene rings is 1. The number of hydrogen-bond acceptors (Lipinski definition) is 5. The highest BCUT2D eigenvalue weighted by molar-refractivity contribution is 7.99. The summed E-state index contributed by atoms with van der Waals surface area (Å²) in [5.74, 6) is 3.93. The van der Waals surface area contributed by atoms with Gasteiger partial charge in [0.25, 0.3) is 6.43 Å². The molecule has 0 radical (unpaired) electrons. The van der Waals surface area contributed by atoms with Gasteiger partial charge in [0, 0.05) is 24.4 Å². The van der Waals surface area contributed by atoms with Crippen molar-refractivity contribution in [2.24, 2.45) is 0 Å². The Labute approximate surface area is 178 Å². The zero-order valence-electron chi connectivity index (χ0n) is 16.8. The van der Waals surface area contributed by atoms with Crippen LogP contribution < -0.4 is 4.74 Å². The lowest BCUT2D eigenvalue weighted by molar-refractivity contribution is 0.0743. The Morgan fingerprint density at radius 3 is 2.77 bits per heavy atom. The molecule has 0 saturated carbocycles. The van der Waals surface area contributed by atoms with Crippen LogP contribution in [0, 0.1) is 0 Å². The van der Waals surface area contributed by atoms with Gasteiger partial charge in [0.1, 0.15) is 17.6 Å². The van der Waals surface area contributed by atoms with Crippen molar-refractivity contribution in [3.63, 3.8) is 0 Å². The van der Waals surface area contributed by atoms with Crippen LogP contribution in [0.3, 0.4) is 0 Å². The molecule has 0 aliphatic carbocycles. The minimum atomic E-state index is -2.55. The van der Waals surface area contributed by atoms with Gasteiger partial charge < -0.3 is 4.74 Å². The van der Waals surface area contributed by atoms with Gasteiger partial charge in [0.05, 0.1) is 12.6 Å². The van der Waals surface area contributed by atoms with Crippen LogP contribution >= 0.6 is 11.8 Å². The van der Waals surface area contributed by atoms with Crippen LogP contribution in [0.5, 0.6) is 5.75 Å². The molecule has 1 unspecified atom stereocenters. The Morgan fingerprint density at radius 1 is 1.23 bits per heavy atom. The first-order chi connectivity index (χ1) is 14.7. The Balaban J connectivity index is 1.69. The van der Waals surface area contributed by atoms with Crippen molar-refractivity contribution in [2.75, 3.05) is 18.1 Å². The first kappa shape index (κ1) is 20.8. The summed E-state index contributed by atoms with van der Waals surface area (Å²) in [5, 5.41) is 8.80. The van der Waals surface area contributed by atoms with Crippen molar-refractivity contribution in [1.29, 1.82) is 0 Å². The SMILES string of the molecule is CCOc1cccc(-c2nc(CC(C(F)F)n3cccn3)n(C3CCSCC3)n2)c1. The maximum Gasteiger partial charge on any atom is 0.261 e. The van der Waals surface area contributed by atoms with Crippen molar-refractivity contribution in [2.45, 2.75) is 44.7 Å². The van der Waals surface area contributed by atoms with Gasteiger partial charge in [-0.3, -0.25) is 4.68 Å². The lowest BCUT2D eigenvalue weighted by Gasteiger charge is -2.24. The Hall–Kier alpha value is -2.42. The van der Waals surface area contributed by atoms with Gasteiger partial charge in [-0.05, 0) is 49.5 Å². The zero-order valence-corrected chi connectivity index (χ0v) is 17.6. The molecule has 1 atom stereocenters. The molecule has 0 amide bonds. The molecule has 1 fully saturated rings. The van der Waals surface area contributed by atoms with Gasteiger partial charge in [0.15, 0.2) is 5.82 Å². The van der Waals surface area contributed by atoms with Crippen LogP contribution in [-0.4, -0.2) is 49.1 Å². The largest absolute Gasteiger partial charge is 0.494 e. The maximum absolute atomic E-state index is 13.9. The molecule has 3 aromatic rings. The van der Waals surface area contributed by atoms with Gasteiger partial charge in [-0.15, -0.1) is 0 Å². The van der Waals surface area contributed by atoms with Gasteiger partial charge in [0.2, 0.25) is 0 Å². The third kappa shape index (κ3) is 4.66. The molecule has 0 bridgehead atoms. The molecule has 1 aromatic carbocycles. The average Bonchev–Trinajstić information content (AvgIpc) is 3.43. The molecule has 6 nitrogen and oxygen atoms in total. The highest BCUT2D eigenvalue weighted by Crippen LogP contribution is 2.31. The fourth-order valence-electron chi connectivity index (χ4n) is 3.69. The number of ether oxygens (including phenoxy) is 1. The fourth-order valence-corrected chi connectivity index (χ4v) is 4.77. The third-order valence-corrected chi connectivity index (χ3v) is 6.24. The first-order valence-electron chi connectivity index (χ1n) is 10.2. The highest BCUT2D eigenvalue weighted by atomic mass is 32.2. The minimum Gasteiger partial charge on any atom is -0.494 e. The van der Waals surface area contributed by atoms with E-state index in [-0.39, 0.29) is 12.5 Å². The summed E-state index contributed by atoms with van der Waals surface area (Å²) in [6.45, 7) is 2.49. The van der Waals surface area contributed by atoms with E-state index in [1.54, 1.807) is 12.3 Å². The lowest BCUT2D eigenvalue weighted by atomic mass is 10.1. The number of rotatable bonds is 8. The van der Waals surface area contributed by atoms with Crippen LogP contribution in [-0.2, 0) is 6.42 Å². The molecule has 0 N–H and O–H groups in total. The lowest BCUT2D eigenvalue weighted by Crippen LogP contribution is -2.25. The van der Waals surface area contributed by atoms with E-state index in [0.717, 1.165) is 35.7 Å². The highest BCUT2D eigenvalue weighted by Gasteiger charge is 2.29. The standard InChI is InChI=1S/C21H25F2N5OS/c1-2-29-17-6-3-5-15(13-17)21-25-19(28(26-21)16-7-11-30-12-8-16)14-18(20(22)23)27-10-4-9-24-27/h3-6,9-10,13,16,18,20H,2,7-8,11-12,14H2,1H3. The summed E-state index contributed by atoms with van der Waals surface area (Å²) >= 11 is 1.91. The fraction of sp³-hybridized carbons (Fsp3) is 0.476. The number of alkyl halides is 2. The molecule has 3 heterocycles. The molecule has 9 heteroatoms. The van der Waals surface area contributed by atoms with Crippen LogP contribution in [0.1, 0.15) is 37.7 Å². The van der Waals surface area contributed by atoms with E-state index < -0.39 is 12.5 Å². The number of halogens is 2. The summed E-state index contributed by atoms with van der Waals surface area (Å²) in [5.41, 5.74) is 0.818. The molecule has 2 aromatic heterocycles. The Bertz CT molecular complexity index is 941. The molecule has 0 spiro atoms. The van der Waals surface area contributed by atoms with E-state index in [1.807, 2.05) is 47.6 Å².